The summed E-state index contributed by atoms with van der Waals surface area (Å²) in [5, 5.41) is 0. The van der Waals surface area contributed by atoms with Crippen LogP contribution < -0.4 is 0 Å². The second kappa shape index (κ2) is 4.11. The predicted molar refractivity (Wildman–Crippen MR) is 58.5 cm³/mol. The standard InChI is InChI=1S/C12H16FNO/c1-12(2,14(3)4)11(15)9-6-5-7-10(13)8-9/h5-8H,1-4H3. The van der Waals surface area contributed by atoms with Crippen molar-refractivity contribution in [1.29, 1.82) is 0 Å². The molecule has 0 radical (unpaired) electrons. The minimum atomic E-state index is -0.617. The number of ketones is 1. The van der Waals surface area contributed by atoms with Gasteiger partial charge in [0.1, 0.15) is 5.82 Å². The molecular weight excluding hydrogens is 193 g/mol. The lowest BCUT2D eigenvalue weighted by atomic mass is 9.92. The van der Waals surface area contributed by atoms with Gasteiger partial charge in [0.15, 0.2) is 5.78 Å². The van der Waals surface area contributed by atoms with Gasteiger partial charge in [-0.05, 0) is 40.1 Å². The van der Waals surface area contributed by atoms with Crippen LogP contribution in [0.4, 0.5) is 4.39 Å². The topological polar surface area (TPSA) is 20.3 Å². The zero-order chi connectivity index (χ0) is 11.6. The zero-order valence-corrected chi connectivity index (χ0v) is 9.54. The molecule has 0 aromatic heterocycles. The Kier molecular flexibility index (Phi) is 3.25. The molecule has 0 bridgehead atoms. The third-order valence-corrected chi connectivity index (χ3v) is 2.76. The molecule has 0 N–H and O–H groups in total. The Bertz CT molecular complexity index is 372. The van der Waals surface area contributed by atoms with Crippen molar-refractivity contribution in [3.05, 3.63) is 35.6 Å². The summed E-state index contributed by atoms with van der Waals surface area (Å²) in [5.41, 5.74) is -0.206. The molecule has 0 aliphatic rings. The van der Waals surface area contributed by atoms with Gasteiger partial charge in [0.25, 0.3) is 0 Å². The number of carbonyl (C=O) groups is 1. The van der Waals surface area contributed by atoms with Crippen LogP contribution in [0, 0.1) is 5.82 Å². The molecule has 1 rings (SSSR count). The lowest BCUT2D eigenvalue weighted by Gasteiger charge is -2.30. The van der Waals surface area contributed by atoms with E-state index in [-0.39, 0.29) is 11.6 Å². The summed E-state index contributed by atoms with van der Waals surface area (Å²) in [7, 11) is 3.66. The summed E-state index contributed by atoms with van der Waals surface area (Å²) in [6.45, 7) is 3.64. The maximum Gasteiger partial charge on any atom is 0.182 e. The summed E-state index contributed by atoms with van der Waals surface area (Å²) in [6.07, 6.45) is 0. The van der Waals surface area contributed by atoms with Gasteiger partial charge in [-0.25, -0.2) is 4.39 Å². The molecule has 1 aromatic carbocycles. The van der Waals surface area contributed by atoms with Crippen LogP contribution in [-0.2, 0) is 0 Å². The normalized spacial score (nSPS) is 11.9. The van der Waals surface area contributed by atoms with E-state index >= 15 is 0 Å². The van der Waals surface area contributed by atoms with Crippen molar-refractivity contribution in [3.63, 3.8) is 0 Å². The van der Waals surface area contributed by atoms with Gasteiger partial charge in [-0.15, -0.1) is 0 Å². The number of likely N-dealkylation sites (N-methyl/N-ethyl adjacent to an activating group) is 1. The fourth-order valence-corrected chi connectivity index (χ4v) is 1.19. The highest BCUT2D eigenvalue weighted by Crippen LogP contribution is 2.18. The second-order valence-electron chi connectivity index (χ2n) is 4.29. The lowest BCUT2D eigenvalue weighted by molar-refractivity contribution is 0.0755. The molecule has 0 heterocycles. The number of Topliss-reactive ketones (excluding diaryl/α,β-unsaturated/α-hetero) is 1. The summed E-state index contributed by atoms with van der Waals surface area (Å²) in [5.74, 6) is -0.456. The van der Waals surface area contributed by atoms with E-state index in [1.54, 1.807) is 12.1 Å². The minimum Gasteiger partial charge on any atom is -0.297 e. The predicted octanol–water partition coefficient (Wildman–Crippen LogP) is 2.35. The quantitative estimate of drug-likeness (QED) is 0.712. The Morgan fingerprint density at radius 1 is 1.33 bits per heavy atom. The summed E-state index contributed by atoms with van der Waals surface area (Å²) in [6, 6.07) is 5.79. The van der Waals surface area contributed by atoms with E-state index < -0.39 is 5.54 Å². The highest BCUT2D eigenvalue weighted by molar-refractivity contribution is 6.02. The molecular formula is C12H16FNO. The molecule has 0 saturated carbocycles. The summed E-state index contributed by atoms with van der Waals surface area (Å²) >= 11 is 0. The van der Waals surface area contributed by atoms with Gasteiger partial charge >= 0.3 is 0 Å². The van der Waals surface area contributed by atoms with Gasteiger partial charge in [0.05, 0.1) is 5.54 Å². The molecule has 0 amide bonds. The van der Waals surface area contributed by atoms with E-state index in [9.17, 15) is 9.18 Å². The van der Waals surface area contributed by atoms with Crippen LogP contribution in [0.25, 0.3) is 0 Å². The Balaban J connectivity index is 3.05. The van der Waals surface area contributed by atoms with Crippen LogP contribution in [0.2, 0.25) is 0 Å². The van der Waals surface area contributed by atoms with Crippen molar-refractivity contribution in [2.45, 2.75) is 19.4 Å². The van der Waals surface area contributed by atoms with Gasteiger partial charge in [0.2, 0.25) is 0 Å². The number of carbonyl (C=O) groups excluding carboxylic acids is 1. The van der Waals surface area contributed by atoms with Crippen LogP contribution in [0.3, 0.4) is 0 Å². The third-order valence-electron chi connectivity index (χ3n) is 2.76. The van der Waals surface area contributed by atoms with E-state index in [1.807, 2.05) is 32.8 Å². The molecule has 0 fully saturated rings. The van der Waals surface area contributed by atoms with E-state index in [0.29, 0.717) is 5.56 Å². The molecule has 3 heteroatoms. The van der Waals surface area contributed by atoms with Crippen molar-refractivity contribution in [1.82, 2.24) is 4.90 Å². The number of hydrogen-bond donors (Lipinski definition) is 0. The fourth-order valence-electron chi connectivity index (χ4n) is 1.19. The van der Waals surface area contributed by atoms with E-state index in [2.05, 4.69) is 0 Å². The molecule has 82 valence electrons. The van der Waals surface area contributed by atoms with Crippen LogP contribution in [-0.4, -0.2) is 30.3 Å². The van der Waals surface area contributed by atoms with Crippen molar-refractivity contribution in [3.8, 4) is 0 Å². The van der Waals surface area contributed by atoms with Crippen molar-refractivity contribution >= 4 is 5.78 Å². The lowest BCUT2D eigenvalue weighted by Crippen LogP contribution is -2.45. The summed E-state index contributed by atoms with van der Waals surface area (Å²) in [4.78, 5) is 13.9. The van der Waals surface area contributed by atoms with Crippen molar-refractivity contribution < 1.29 is 9.18 Å². The first kappa shape index (κ1) is 11.9. The first-order chi connectivity index (χ1) is 6.85. The smallest absolute Gasteiger partial charge is 0.182 e. The molecule has 0 aliphatic carbocycles. The number of benzene rings is 1. The largest absolute Gasteiger partial charge is 0.297 e. The van der Waals surface area contributed by atoms with Gasteiger partial charge in [-0.1, -0.05) is 12.1 Å². The minimum absolute atomic E-state index is 0.0769. The molecule has 0 spiro atoms. The Labute approximate surface area is 89.7 Å². The van der Waals surface area contributed by atoms with E-state index in [1.165, 1.54) is 12.1 Å². The average molecular weight is 209 g/mol. The molecule has 0 atom stereocenters. The van der Waals surface area contributed by atoms with Gasteiger partial charge in [-0.3, -0.25) is 9.69 Å². The first-order valence-corrected chi connectivity index (χ1v) is 4.83. The second-order valence-corrected chi connectivity index (χ2v) is 4.29. The van der Waals surface area contributed by atoms with Gasteiger partial charge in [0, 0.05) is 5.56 Å². The van der Waals surface area contributed by atoms with Crippen LogP contribution in [0.1, 0.15) is 24.2 Å². The SMILES string of the molecule is CN(C)C(C)(C)C(=O)c1cccc(F)c1. The molecule has 0 unspecified atom stereocenters. The number of hydrogen-bond acceptors (Lipinski definition) is 2. The highest BCUT2D eigenvalue weighted by atomic mass is 19.1. The monoisotopic (exact) mass is 209 g/mol. The maximum atomic E-state index is 13.0. The molecule has 0 saturated heterocycles. The van der Waals surface area contributed by atoms with Gasteiger partial charge < -0.3 is 0 Å². The Hall–Kier alpha value is -1.22. The van der Waals surface area contributed by atoms with E-state index in [0.717, 1.165) is 0 Å². The zero-order valence-electron chi connectivity index (χ0n) is 9.54. The van der Waals surface area contributed by atoms with Crippen LogP contribution in [0.15, 0.2) is 24.3 Å². The molecule has 15 heavy (non-hydrogen) atoms. The Morgan fingerprint density at radius 2 is 1.93 bits per heavy atom. The summed E-state index contributed by atoms with van der Waals surface area (Å²) < 4.78 is 13.0. The number of rotatable bonds is 3. The van der Waals surface area contributed by atoms with Crippen LogP contribution >= 0.6 is 0 Å². The average Bonchev–Trinajstić information content (AvgIpc) is 2.16. The van der Waals surface area contributed by atoms with Crippen molar-refractivity contribution in [2.24, 2.45) is 0 Å². The molecule has 2 nitrogen and oxygen atoms in total. The number of halogens is 1. The van der Waals surface area contributed by atoms with Crippen molar-refractivity contribution in [2.75, 3.05) is 14.1 Å². The third kappa shape index (κ3) is 2.42. The highest BCUT2D eigenvalue weighted by Gasteiger charge is 2.30. The van der Waals surface area contributed by atoms with E-state index in [4.69, 9.17) is 0 Å². The fraction of sp³-hybridized carbons (Fsp3) is 0.417. The molecule has 1 aromatic rings. The maximum absolute atomic E-state index is 13.0. The first-order valence-electron chi connectivity index (χ1n) is 4.83. The molecule has 0 aliphatic heterocycles. The number of nitrogens with zero attached hydrogens (tertiary/aromatic N) is 1. The van der Waals surface area contributed by atoms with Gasteiger partial charge in [-0.2, -0.15) is 0 Å². The van der Waals surface area contributed by atoms with Crippen LogP contribution in [0.5, 0.6) is 0 Å². The Morgan fingerprint density at radius 3 is 2.40 bits per heavy atom.